The third kappa shape index (κ3) is 4.18. The number of carbonyl (C=O) groups excluding carboxylic acids is 1. The lowest BCUT2D eigenvalue weighted by Gasteiger charge is -2.26. The number of nitrogens with one attached hydrogen (secondary N) is 1. The summed E-state index contributed by atoms with van der Waals surface area (Å²) < 4.78 is 10.7. The number of carbonyl (C=O) groups is 1. The van der Waals surface area contributed by atoms with Crippen molar-refractivity contribution < 1.29 is 13.9 Å². The van der Waals surface area contributed by atoms with Gasteiger partial charge in [0, 0.05) is 19.2 Å². The fraction of sp³-hybridized carbons (Fsp3) is 0.350. The number of piperidine rings is 1. The van der Waals surface area contributed by atoms with Crippen molar-refractivity contribution in [2.45, 2.75) is 25.8 Å². The third-order valence-corrected chi connectivity index (χ3v) is 4.74. The summed E-state index contributed by atoms with van der Waals surface area (Å²) in [7, 11) is 1.49. The zero-order chi connectivity index (χ0) is 20.2. The first-order chi connectivity index (χ1) is 14.1. The smallest absolute Gasteiger partial charge is 0.321 e. The molecule has 3 aromatic rings. The zero-order valence-corrected chi connectivity index (χ0v) is 16.1. The molecule has 1 aliphatic heterocycles. The van der Waals surface area contributed by atoms with E-state index in [1.807, 2.05) is 0 Å². The van der Waals surface area contributed by atoms with Gasteiger partial charge in [0.2, 0.25) is 5.95 Å². The van der Waals surface area contributed by atoms with Crippen LogP contribution in [0, 0.1) is 0 Å². The molecule has 9 heteroatoms. The number of amides is 1. The molecule has 150 valence electrons. The molecule has 1 fully saturated rings. The van der Waals surface area contributed by atoms with Crippen LogP contribution in [0.4, 0.5) is 5.95 Å². The highest BCUT2D eigenvalue weighted by molar-refractivity contribution is 5.93. The van der Waals surface area contributed by atoms with Crippen LogP contribution in [-0.2, 0) is 6.54 Å². The molecule has 1 aromatic carbocycles. The Kier molecular flexibility index (Phi) is 5.37. The van der Waals surface area contributed by atoms with Crippen LogP contribution in [-0.4, -0.2) is 41.1 Å². The second-order valence-electron chi connectivity index (χ2n) is 6.74. The number of aromatic nitrogens is 3. The predicted molar refractivity (Wildman–Crippen MR) is 106 cm³/mol. The minimum absolute atomic E-state index is 0.0507. The van der Waals surface area contributed by atoms with Crippen LogP contribution in [0.5, 0.6) is 6.01 Å². The number of fused-ring (bicyclic) bond motifs is 1. The first kappa shape index (κ1) is 18.9. The molecule has 3 heterocycles. The molecule has 1 amide bonds. The highest BCUT2D eigenvalue weighted by Crippen LogP contribution is 2.18. The van der Waals surface area contributed by atoms with E-state index < -0.39 is 5.91 Å². The number of rotatable bonds is 5. The molecule has 0 bridgehead atoms. The van der Waals surface area contributed by atoms with Gasteiger partial charge in [-0.25, -0.2) is 0 Å². The van der Waals surface area contributed by atoms with Gasteiger partial charge in [-0.1, -0.05) is 12.1 Å². The quantitative estimate of drug-likeness (QED) is 0.697. The summed E-state index contributed by atoms with van der Waals surface area (Å²) in [6.07, 6.45) is 3.36. The molecule has 0 spiro atoms. The van der Waals surface area contributed by atoms with Crippen molar-refractivity contribution in [1.29, 1.82) is 0 Å². The Hall–Kier alpha value is -3.49. The minimum atomic E-state index is -0.522. The van der Waals surface area contributed by atoms with Gasteiger partial charge in [0.05, 0.1) is 19.0 Å². The van der Waals surface area contributed by atoms with Crippen LogP contribution in [0.15, 0.2) is 39.5 Å². The maximum absolute atomic E-state index is 12.5. The van der Waals surface area contributed by atoms with Crippen molar-refractivity contribution in [3.63, 3.8) is 0 Å². The van der Waals surface area contributed by atoms with Crippen molar-refractivity contribution in [3.8, 4) is 6.01 Å². The fourth-order valence-corrected chi connectivity index (χ4v) is 3.25. The molecule has 0 unspecified atom stereocenters. The monoisotopic (exact) mass is 395 g/mol. The second-order valence-corrected chi connectivity index (χ2v) is 6.74. The van der Waals surface area contributed by atoms with E-state index in [9.17, 15) is 9.59 Å². The Morgan fingerprint density at radius 1 is 1.17 bits per heavy atom. The zero-order valence-electron chi connectivity index (χ0n) is 16.1. The van der Waals surface area contributed by atoms with E-state index in [0.717, 1.165) is 25.9 Å². The van der Waals surface area contributed by atoms with Gasteiger partial charge in [-0.2, -0.15) is 15.0 Å². The van der Waals surface area contributed by atoms with E-state index in [4.69, 9.17) is 9.15 Å². The maximum Gasteiger partial charge on any atom is 0.321 e. The predicted octanol–water partition coefficient (Wildman–Crippen LogP) is 1.91. The maximum atomic E-state index is 12.5. The first-order valence-electron chi connectivity index (χ1n) is 9.49. The fourth-order valence-electron chi connectivity index (χ4n) is 3.25. The number of anilines is 1. The summed E-state index contributed by atoms with van der Waals surface area (Å²) in [6, 6.07) is 8.17. The van der Waals surface area contributed by atoms with E-state index in [-0.39, 0.29) is 23.7 Å². The van der Waals surface area contributed by atoms with Crippen LogP contribution >= 0.6 is 0 Å². The largest absolute Gasteiger partial charge is 0.467 e. The molecule has 1 N–H and O–H groups in total. The molecule has 0 radical (unpaired) electrons. The number of methoxy groups -OCH3 is 1. The van der Waals surface area contributed by atoms with Gasteiger partial charge in [0.1, 0.15) is 5.58 Å². The number of nitrogens with zero attached hydrogens (tertiary/aromatic N) is 4. The Morgan fingerprint density at radius 3 is 2.76 bits per heavy atom. The van der Waals surface area contributed by atoms with Crippen molar-refractivity contribution in [2.75, 3.05) is 25.1 Å². The Balaban J connectivity index is 1.52. The van der Waals surface area contributed by atoms with Crippen LogP contribution in [0.1, 0.15) is 35.6 Å². The van der Waals surface area contributed by atoms with Crippen LogP contribution in [0.2, 0.25) is 0 Å². The summed E-state index contributed by atoms with van der Waals surface area (Å²) in [5.74, 6) is 0.324. The van der Waals surface area contributed by atoms with E-state index in [1.54, 1.807) is 24.3 Å². The van der Waals surface area contributed by atoms with Gasteiger partial charge < -0.3 is 19.4 Å². The first-order valence-corrected chi connectivity index (χ1v) is 9.49. The molecular formula is C20H21N5O4. The van der Waals surface area contributed by atoms with Crippen molar-refractivity contribution in [3.05, 3.63) is 52.1 Å². The summed E-state index contributed by atoms with van der Waals surface area (Å²) >= 11 is 0. The van der Waals surface area contributed by atoms with Crippen molar-refractivity contribution in [1.82, 2.24) is 20.3 Å². The molecule has 9 nitrogen and oxygen atoms in total. The molecule has 0 atom stereocenters. The molecule has 0 aliphatic carbocycles. The van der Waals surface area contributed by atoms with Crippen LogP contribution in [0.25, 0.3) is 11.0 Å². The average molecular weight is 395 g/mol. The SMILES string of the molecule is COc1nc(CNC(=O)c2cc(=O)c3ccccc3o2)nc(N2CCCCC2)n1. The summed E-state index contributed by atoms with van der Waals surface area (Å²) in [5, 5.41) is 3.12. The molecule has 29 heavy (non-hydrogen) atoms. The average Bonchev–Trinajstić information content (AvgIpc) is 2.77. The topological polar surface area (TPSA) is 110 Å². The third-order valence-electron chi connectivity index (χ3n) is 4.74. The van der Waals surface area contributed by atoms with Gasteiger partial charge in [-0.3, -0.25) is 9.59 Å². The van der Waals surface area contributed by atoms with Crippen LogP contribution < -0.4 is 20.4 Å². The molecular weight excluding hydrogens is 374 g/mol. The Morgan fingerprint density at radius 2 is 1.97 bits per heavy atom. The normalized spacial score (nSPS) is 14.0. The molecule has 1 aliphatic rings. The Labute approximate surface area is 166 Å². The molecule has 0 saturated carbocycles. The standard InChI is InChI=1S/C20H21N5O4/c1-28-20-23-17(22-19(24-20)25-9-5-2-6-10-25)12-21-18(27)16-11-14(26)13-7-3-4-8-15(13)29-16/h3-4,7-8,11H,2,5-6,9-10,12H2,1H3,(H,21,27). The van der Waals surface area contributed by atoms with E-state index in [1.165, 1.54) is 19.6 Å². The summed E-state index contributed by atoms with van der Waals surface area (Å²) in [4.78, 5) is 39.7. The lowest BCUT2D eigenvalue weighted by atomic mass is 10.1. The number of benzene rings is 1. The van der Waals surface area contributed by atoms with E-state index in [0.29, 0.717) is 22.7 Å². The van der Waals surface area contributed by atoms with Crippen molar-refractivity contribution >= 4 is 22.8 Å². The minimum Gasteiger partial charge on any atom is -0.467 e. The summed E-state index contributed by atoms with van der Waals surface area (Å²) in [6.45, 7) is 1.80. The van der Waals surface area contributed by atoms with Gasteiger partial charge >= 0.3 is 6.01 Å². The highest BCUT2D eigenvalue weighted by Gasteiger charge is 2.18. The highest BCUT2D eigenvalue weighted by atomic mass is 16.5. The van der Waals surface area contributed by atoms with Gasteiger partial charge in [-0.15, -0.1) is 0 Å². The van der Waals surface area contributed by atoms with Gasteiger partial charge in [0.15, 0.2) is 17.0 Å². The second kappa shape index (κ2) is 8.26. The summed E-state index contributed by atoms with van der Waals surface area (Å²) in [5.41, 5.74) is 0.0885. The number of hydrogen-bond acceptors (Lipinski definition) is 8. The van der Waals surface area contributed by atoms with E-state index in [2.05, 4.69) is 25.2 Å². The van der Waals surface area contributed by atoms with Gasteiger partial charge in [0.25, 0.3) is 5.91 Å². The van der Waals surface area contributed by atoms with Gasteiger partial charge in [-0.05, 0) is 31.4 Å². The molecule has 2 aromatic heterocycles. The number of ether oxygens (including phenoxy) is 1. The molecule has 4 rings (SSSR count). The molecule has 1 saturated heterocycles. The lowest BCUT2D eigenvalue weighted by Crippen LogP contribution is -2.32. The number of hydrogen-bond donors (Lipinski definition) is 1. The van der Waals surface area contributed by atoms with Crippen molar-refractivity contribution in [2.24, 2.45) is 0 Å². The van der Waals surface area contributed by atoms with E-state index >= 15 is 0 Å². The number of para-hydroxylation sites is 1. The lowest BCUT2D eigenvalue weighted by molar-refractivity contribution is 0.0922. The Bertz CT molecular complexity index is 1090. The van der Waals surface area contributed by atoms with Crippen LogP contribution in [0.3, 0.4) is 0 Å².